The van der Waals surface area contributed by atoms with E-state index in [-0.39, 0.29) is 27.1 Å². The Morgan fingerprint density at radius 3 is 2.62 bits per heavy atom. The van der Waals surface area contributed by atoms with Gasteiger partial charge in [-0.25, -0.2) is 9.37 Å². The molecule has 3 heterocycles. The van der Waals surface area contributed by atoms with Gasteiger partial charge in [0.1, 0.15) is 16.4 Å². The van der Waals surface area contributed by atoms with Crippen molar-refractivity contribution in [2.24, 2.45) is 5.73 Å². The summed E-state index contributed by atoms with van der Waals surface area (Å²) in [5, 5.41) is 6.90. The van der Waals surface area contributed by atoms with Gasteiger partial charge >= 0.3 is 0 Å². The summed E-state index contributed by atoms with van der Waals surface area (Å²) < 4.78 is 14.1. The lowest BCUT2D eigenvalue weighted by Gasteiger charge is -2.31. The van der Waals surface area contributed by atoms with E-state index in [2.05, 4.69) is 10.3 Å². The zero-order valence-electron chi connectivity index (χ0n) is 16.6. The van der Waals surface area contributed by atoms with Crippen molar-refractivity contribution >= 4 is 57.7 Å². The Morgan fingerprint density at radius 2 is 1.94 bits per heavy atom. The van der Waals surface area contributed by atoms with Crippen molar-refractivity contribution in [1.82, 2.24) is 9.88 Å². The van der Waals surface area contributed by atoms with Gasteiger partial charge in [-0.1, -0.05) is 17.7 Å². The third kappa shape index (κ3) is 4.52. The van der Waals surface area contributed by atoms with Gasteiger partial charge in [0.15, 0.2) is 0 Å². The lowest BCUT2D eigenvalue weighted by molar-refractivity contribution is 0.0708. The first-order chi connectivity index (χ1) is 15.3. The monoisotopic (exact) mass is 492 g/mol. The molecule has 0 bridgehead atoms. The van der Waals surface area contributed by atoms with Crippen LogP contribution in [-0.4, -0.2) is 40.7 Å². The number of primary amides is 1. The number of piperidine rings is 1. The molecule has 3 amide bonds. The Bertz CT molecular complexity index is 1170. The second-order valence-electron chi connectivity index (χ2n) is 7.22. The fraction of sp³-hybridized carbons (Fsp3) is 0.238. The maximum Gasteiger partial charge on any atom is 0.275 e. The summed E-state index contributed by atoms with van der Waals surface area (Å²) in [6.07, 6.45) is 1.28. The van der Waals surface area contributed by atoms with Gasteiger partial charge in [-0.3, -0.25) is 14.4 Å². The van der Waals surface area contributed by atoms with E-state index in [4.69, 9.17) is 17.3 Å². The summed E-state index contributed by atoms with van der Waals surface area (Å²) in [5.74, 6) is -2.00. The highest BCUT2D eigenvalue weighted by molar-refractivity contribution is 7.12. The largest absolute Gasteiger partial charge is 0.365 e. The number of hydrogen-bond donors (Lipinski definition) is 2. The van der Waals surface area contributed by atoms with Crippen LogP contribution in [0.1, 0.15) is 54.3 Å². The number of amides is 3. The van der Waals surface area contributed by atoms with Crippen LogP contribution >= 0.6 is 34.3 Å². The summed E-state index contributed by atoms with van der Waals surface area (Å²) in [6, 6.07) is 5.79. The molecule has 0 aliphatic carbocycles. The highest BCUT2D eigenvalue weighted by atomic mass is 35.5. The van der Waals surface area contributed by atoms with Crippen LogP contribution in [0.4, 0.5) is 10.1 Å². The number of rotatable bonds is 5. The fourth-order valence-electron chi connectivity index (χ4n) is 3.55. The van der Waals surface area contributed by atoms with Crippen molar-refractivity contribution in [1.29, 1.82) is 0 Å². The van der Waals surface area contributed by atoms with E-state index in [1.54, 1.807) is 21.7 Å². The molecule has 1 aliphatic heterocycles. The number of aromatic nitrogens is 1. The van der Waals surface area contributed by atoms with E-state index in [0.29, 0.717) is 31.6 Å². The first-order valence-electron chi connectivity index (χ1n) is 9.72. The van der Waals surface area contributed by atoms with Gasteiger partial charge in [-0.15, -0.1) is 22.7 Å². The molecule has 0 radical (unpaired) electrons. The number of nitrogens with two attached hydrogens (primary N) is 1. The average Bonchev–Trinajstić information content (AvgIpc) is 3.43. The molecule has 1 fully saturated rings. The van der Waals surface area contributed by atoms with Gasteiger partial charge in [0.05, 0.1) is 21.3 Å². The highest BCUT2D eigenvalue weighted by Crippen LogP contribution is 2.32. The van der Waals surface area contributed by atoms with E-state index in [9.17, 15) is 18.8 Å². The third-order valence-electron chi connectivity index (χ3n) is 5.20. The molecule has 166 valence electrons. The standard InChI is InChI=1S/C21H18ClFN4O3S2/c22-12-2-1-3-13(23)16(12)21(30)27-7-4-11(5-8-27)20-26-15(10-32-20)19(29)25-14-6-9-31-17(14)18(24)28/h1-3,6,9-11H,4-5,7-8H2,(H2,24,28)(H,25,29). The molecule has 11 heteroatoms. The van der Waals surface area contributed by atoms with Crippen LogP contribution in [0.3, 0.4) is 0 Å². The van der Waals surface area contributed by atoms with Gasteiger partial charge in [-0.05, 0) is 36.4 Å². The first kappa shape index (κ1) is 22.4. The number of likely N-dealkylation sites (tertiary alicyclic amines) is 1. The molecule has 0 atom stereocenters. The van der Waals surface area contributed by atoms with Gasteiger partial charge in [-0.2, -0.15) is 0 Å². The Kier molecular flexibility index (Phi) is 6.54. The molecule has 0 unspecified atom stereocenters. The molecule has 3 N–H and O–H groups in total. The molecule has 7 nitrogen and oxygen atoms in total. The number of halogens is 2. The molecule has 2 aromatic heterocycles. The minimum absolute atomic E-state index is 0.0871. The molecule has 32 heavy (non-hydrogen) atoms. The summed E-state index contributed by atoms with van der Waals surface area (Å²) in [5.41, 5.74) is 5.82. The van der Waals surface area contributed by atoms with E-state index in [0.717, 1.165) is 16.3 Å². The Balaban J connectivity index is 1.39. The number of nitrogens with zero attached hydrogens (tertiary/aromatic N) is 2. The Hall–Kier alpha value is -2.82. The van der Waals surface area contributed by atoms with Crippen LogP contribution < -0.4 is 11.1 Å². The van der Waals surface area contributed by atoms with Gasteiger partial charge in [0.25, 0.3) is 17.7 Å². The molecule has 1 saturated heterocycles. The summed E-state index contributed by atoms with van der Waals surface area (Å²) in [7, 11) is 0. The summed E-state index contributed by atoms with van der Waals surface area (Å²) >= 11 is 8.55. The van der Waals surface area contributed by atoms with Crippen LogP contribution in [0, 0.1) is 5.82 Å². The van der Waals surface area contributed by atoms with Crippen molar-refractivity contribution in [3.05, 3.63) is 67.0 Å². The maximum absolute atomic E-state index is 14.1. The second kappa shape index (κ2) is 9.35. The predicted octanol–water partition coefficient (Wildman–Crippen LogP) is 4.37. The maximum atomic E-state index is 14.1. The number of anilines is 1. The summed E-state index contributed by atoms with van der Waals surface area (Å²) in [4.78, 5) is 43.0. The molecule has 4 rings (SSSR count). The second-order valence-corrected chi connectivity index (χ2v) is 9.43. The number of carbonyl (C=O) groups is 3. The minimum atomic E-state index is -0.634. The predicted molar refractivity (Wildman–Crippen MR) is 122 cm³/mol. The van der Waals surface area contributed by atoms with Crippen molar-refractivity contribution in [3.8, 4) is 0 Å². The Labute approximate surface area is 196 Å². The van der Waals surface area contributed by atoms with Crippen molar-refractivity contribution in [2.45, 2.75) is 18.8 Å². The number of thiophene rings is 1. The highest BCUT2D eigenvalue weighted by Gasteiger charge is 2.29. The smallest absolute Gasteiger partial charge is 0.275 e. The SMILES string of the molecule is NC(=O)c1sccc1NC(=O)c1csc(C2CCN(C(=O)c3c(F)cccc3Cl)CC2)n1. The van der Waals surface area contributed by atoms with Crippen LogP contribution in [-0.2, 0) is 0 Å². The van der Waals surface area contributed by atoms with Crippen molar-refractivity contribution in [3.63, 3.8) is 0 Å². The topological polar surface area (TPSA) is 105 Å². The van der Waals surface area contributed by atoms with E-state index in [1.807, 2.05) is 0 Å². The normalized spacial score (nSPS) is 14.4. The molecular weight excluding hydrogens is 475 g/mol. The lowest BCUT2D eigenvalue weighted by Crippen LogP contribution is -2.38. The molecule has 3 aromatic rings. The van der Waals surface area contributed by atoms with E-state index in [1.165, 1.54) is 29.5 Å². The van der Waals surface area contributed by atoms with Crippen LogP contribution in [0.5, 0.6) is 0 Å². The Morgan fingerprint density at radius 1 is 1.19 bits per heavy atom. The number of hydrogen-bond acceptors (Lipinski definition) is 6. The number of carbonyl (C=O) groups excluding carboxylic acids is 3. The number of nitrogens with one attached hydrogen (secondary N) is 1. The molecule has 1 aliphatic rings. The molecule has 0 saturated carbocycles. The van der Waals surface area contributed by atoms with E-state index >= 15 is 0 Å². The van der Waals surface area contributed by atoms with Gasteiger partial charge < -0.3 is 16.0 Å². The zero-order valence-corrected chi connectivity index (χ0v) is 19.0. The average molecular weight is 493 g/mol. The molecule has 1 aromatic carbocycles. The van der Waals surface area contributed by atoms with Gasteiger partial charge in [0, 0.05) is 24.4 Å². The molecular formula is C21H18ClFN4O3S2. The summed E-state index contributed by atoms with van der Waals surface area (Å²) in [6.45, 7) is 0.873. The fourth-order valence-corrected chi connectivity index (χ4v) is 5.47. The van der Waals surface area contributed by atoms with Crippen LogP contribution in [0.15, 0.2) is 35.0 Å². The van der Waals surface area contributed by atoms with E-state index < -0.39 is 23.5 Å². The molecule has 0 spiro atoms. The minimum Gasteiger partial charge on any atom is -0.365 e. The quantitative estimate of drug-likeness (QED) is 0.551. The number of benzene rings is 1. The van der Waals surface area contributed by atoms with Crippen molar-refractivity contribution < 1.29 is 18.8 Å². The van der Waals surface area contributed by atoms with Crippen LogP contribution in [0.2, 0.25) is 5.02 Å². The first-order valence-corrected chi connectivity index (χ1v) is 11.9. The number of thiazole rings is 1. The van der Waals surface area contributed by atoms with Crippen molar-refractivity contribution in [2.75, 3.05) is 18.4 Å². The zero-order chi connectivity index (χ0) is 22.8. The van der Waals surface area contributed by atoms with Gasteiger partial charge in [0.2, 0.25) is 0 Å². The third-order valence-corrected chi connectivity index (χ3v) is 7.45. The lowest BCUT2D eigenvalue weighted by atomic mass is 9.97. The van der Waals surface area contributed by atoms with Crippen LogP contribution in [0.25, 0.3) is 0 Å².